The first kappa shape index (κ1) is 32.3. The number of allylic oxidation sites excluding steroid dienone is 1. The van der Waals surface area contributed by atoms with Gasteiger partial charge in [0.15, 0.2) is 0 Å². The van der Waals surface area contributed by atoms with Crippen molar-refractivity contribution in [2.45, 2.75) is 26.7 Å². The van der Waals surface area contributed by atoms with Crippen molar-refractivity contribution in [3.63, 3.8) is 0 Å². The molecule has 3 nitrogen and oxygen atoms in total. The molecule has 0 radical (unpaired) electrons. The highest BCUT2D eigenvalue weighted by atomic mass is 32.1. The molecule has 10 aromatic rings. The van der Waals surface area contributed by atoms with E-state index in [1.54, 1.807) is 0 Å². The summed E-state index contributed by atoms with van der Waals surface area (Å²) >= 11 is 1.92. The number of fused-ring (bicyclic) bond motifs is 10. The smallest absolute Gasteiger partial charge is 0.145 e. The Morgan fingerprint density at radius 3 is 2.09 bits per heavy atom. The first-order valence-electron chi connectivity index (χ1n) is 18.9. The number of para-hydroxylation sites is 4. The van der Waals surface area contributed by atoms with Crippen LogP contribution in [0, 0.1) is 0 Å². The highest BCUT2D eigenvalue weighted by Crippen LogP contribution is 2.46. The lowest BCUT2D eigenvalue weighted by atomic mass is 9.97. The van der Waals surface area contributed by atoms with Crippen LogP contribution in [0.5, 0.6) is 0 Å². The first-order chi connectivity index (χ1) is 26.8. The van der Waals surface area contributed by atoms with Gasteiger partial charge in [0.05, 0.1) is 16.4 Å². The zero-order chi connectivity index (χ0) is 36.2. The van der Waals surface area contributed by atoms with Gasteiger partial charge in [-0.25, -0.2) is 0 Å². The van der Waals surface area contributed by atoms with Crippen molar-refractivity contribution >= 4 is 88.3 Å². The standard InChI is InChI=1S/C48H32N2OS.C2H6/c1-3-14-32(15-4-1)49(33-16-5-2-6-17-33)34-28-31(36-21-13-22-40-38-19-9-12-25-45(38)52-48(36)40)29-35(30-34)50-42-23-10-7-20-41(42)46-43(50)27-26-39-37-18-8-11-24-44(37)51-47(39)46;1-2/h1-8,10-18,20-30H,9,19H2;1-2H3. The van der Waals surface area contributed by atoms with E-state index < -0.39 is 0 Å². The molecule has 0 spiro atoms. The molecule has 0 fully saturated rings. The average Bonchev–Trinajstić information content (AvgIpc) is 3.92. The molecule has 4 heteroatoms. The minimum atomic E-state index is 0.911. The minimum Gasteiger partial charge on any atom is -0.455 e. The van der Waals surface area contributed by atoms with Crippen molar-refractivity contribution in [3.05, 3.63) is 174 Å². The molecule has 7 aromatic carbocycles. The molecule has 1 aliphatic carbocycles. The third kappa shape index (κ3) is 5.09. The van der Waals surface area contributed by atoms with Crippen LogP contribution < -0.4 is 4.90 Å². The molecule has 0 aliphatic heterocycles. The number of furan rings is 1. The van der Waals surface area contributed by atoms with Gasteiger partial charge in [-0.1, -0.05) is 111 Å². The van der Waals surface area contributed by atoms with E-state index in [-0.39, 0.29) is 0 Å². The van der Waals surface area contributed by atoms with Crippen molar-refractivity contribution < 1.29 is 4.42 Å². The third-order valence-corrected chi connectivity index (χ3v) is 11.9. The molecule has 3 aromatic heterocycles. The molecule has 0 saturated heterocycles. The van der Waals surface area contributed by atoms with E-state index in [4.69, 9.17) is 4.42 Å². The summed E-state index contributed by atoms with van der Waals surface area (Å²) < 4.78 is 10.4. The van der Waals surface area contributed by atoms with E-state index in [0.29, 0.717) is 0 Å². The Labute approximate surface area is 318 Å². The number of aryl methyl sites for hydroxylation is 1. The summed E-state index contributed by atoms with van der Waals surface area (Å²) in [5.41, 5.74) is 12.5. The Morgan fingerprint density at radius 2 is 1.30 bits per heavy atom. The summed E-state index contributed by atoms with van der Waals surface area (Å²) in [5.74, 6) is 0. The van der Waals surface area contributed by atoms with E-state index in [0.717, 1.165) is 73.9 Å². The molecule has 0 saturated carbocycles. The van der Waals surface area contributed by atoms with Crippen molar-refractivity contribution in [3.8, 4) is 16.8 Å². The normalized spacial score (nSPS) is 12.4. The fourth-order valence-corrected chi connectivity index (χ4v) is 9.67. The molecule has 0 amide bonds. The highest BCUT2D eigenvalue weighted by Gasteiger charge is 2.22. The van der Waals surface area contributed by atoms with Crippen LogP contribution in [0.25, 0.3) is 76.7 Å². The van der Waals surface area contributed by atoms with Crippen LogP contribution in [0.15, 0.2) is 168 Å². The van der Waals surface area contributed by atoms with E-state index in [1.807, 2.05) is 31.3 Å². The van der Waals surface area contributed by atoms with E-state index >= 15 is 0 Å². The quantitative estimate of drug-likeness (QED) is 0.177. The zero-order valence-corrected chi connectivity index (χ0v) is 31.1. The number of thiophene rings is 1. The molecular weight excluding hydrogens is 677 g/mol. The van der Waals surface area contributed by atoms with Gasteiger partial charge in [0.1, 0.15) is 11.2 Å². The molecule has 3 heterocycles. The lowest BCUT2D eigenvalue weighted by molar-refractivity contribution is 0.673. The maximum atomic E-state index is 6.66. The molecular formula is C50H38N2OS. The molecule has 260 valence electrons. The van der Waals surface area contributed by atoms with E-state index in [9.17, 15) is 0 Å². The van der Waals surface area contributed by atoms with Gasteiger partial charge < -0.3 is 13.9 Å². The van der Waals surface area contributed by atoms with Crippen LogP contribution in [0.1, 0.15) is 30.7 Å². The van der Waals surface area contributed by atoms with Crippen LogP contribution in [-0.2, 0) is 6.42 Å². The molecule has 0 bridgehead atoms. The van der Waals surface area contributed by atoms with E-state index in [1.165, 1.54) is 37.0 Å². The molecule has 0 unspecified atom stereocenters. The molecule has 54 heavy (non-hydrogen) atoms. The monoisotopic (exact) mass is 714 g/mol. The number of hydrogen-bond donors (Lipinski definition) is 0. The second kappa shape index (κ2) is 13.2. The van der Waals surface area contributed by atoms with Gasteiger partial charge in [0.2, 0.25) is 0 Å². The van der Waals surface area contributed by atoms with Crippen molar-refractivity contribution in [1.82, 2.24) is 4.57 Å². The lowest BCUT2D eigenvalue weighted by Gasteiger charge is -2.27. The summed E-state index contributed by atoms with van der Waals surface area (Å²) in [6.45, 7) is 4.00. The third-order valence-electron chi connectivity index (χ3n) is 10.6. The van der Waals surface area contributed by atoms with Gasteiger partial charge in [0.25, 0.3) is 0 Å². The fourth-order valence-electron chi connectivity index (χ4n) is 8.35. The van der Waals surface area contributed by atoms with Crippen LogP contribution in [0.3, 0.4) is 0 Å². The van der Waals surface area contributed by atoms with Crippen LogP contribution >= 0.6 is 11.3 Å². The molecule has 11 rings (SSSR count). The number of rotatable bonds is 5. The Morgan fingerprint density at radius 1 is 0.593 bits per heavy atom. The maximum Gasteiger partial charge on any atom is 0.145 e. The summed E-state index contributed by atoms with van der Waals surface area (Å²) in [4.78, 5) is 3.76. The van der Waals surface area contributed by atoms with Gasteiger partial charge in [-0.15, -0.1) is 11.3 Å². The number of nitrogens with zero attached hydrogens (tertiary/aromatic N) is 2. The van der Waals surface area contributed by atoms with Gasteiger partial charge in [-0.3, -0.25) is 0 Å². The second-order valence-corrected chi connectivity index (χ2v) is 14.7. The Balaban J connectivity index is 0.00000178. The maximum absolute atomic E-state index is 6.66. The fraction of sp³-hybridized carbons (Fsp3) is 0.0800. The van der Waals surface area contributed by atoms with Crippen LogP contribution in [-0.4, -0.2) is 4.57 Å². The lowest BCUT2D eigenvalue weighted by Crippen LogP contribution is -2.10. The first-order valence-corrected chi connectivity index (χ1v) is 19.7. The van der Waals surface area contributed by atoms with Crippen LogP contribution in [0.2, 0.25) is 0 Å². The van der Waals surface area contributed by atoms with Crippen LogP contribution in [0.4, 0.5) is 17.1 Å². The molecule has 1 aliphatic rings. The Hall–Kier alpha value is -6.36. The summed E-state index contributed by atoms with van der Waals surface area (Å²) in [6, 6.07) is 57.0. The van der Waals surface area contributed by atoms with E-state index in [2.05, 4.69) is 173 Å². The predicted octanol–water partition coefficient (Wildman–Crippen LogP) is 15.0. The SMILES string of the molecule is C1=Cc2sc3c(-c4cc(N(c5ccccc5)c5ccccc5)cc(-n5c6ccccc6c6c7oc8ccccc8c7ccc65)c4)cccc3c2CC1.CC. The molecule has 0 atom stereocenters. The summed E-state index contributed by atoms with van der Waals surface area (Å²) in [6.07, 6.45) is 6.82. The van der Waals surface area contributed by atoms with Gasteiger partial charge in [0, 0.05) is 48.5 Å². The van der Waals surface area contributed by atoms with Crippen molar-refractivity contribution in [1.29, 1.82) is 0 Å². The highest BCUT2D eigenvalue weighted by molar-refractivity contribution is 7.20. The summed E-state index contributed by atoms with van der Waals surface area (Å²) in [5, 5.41) is 5.97. The average molecular weight is 715 g/mol. The van der Waals surface area contributed by atoms with Crippen molar-refractivity contribution in [2.75, 3.05) is 4.90 Å². The van der Waals surface area contributed by atoms with Gasteiger partial charge in [-0.05, 0) is 108 Å². The summed E-state index contributed by atoms with van der Waals surface area (Å²) in [7, 11) is 0. The Kier molecular flexibility index (Phi) is 7.92. The number of anilines is 3. The Bertz CT molecular complexity index is 2980. The molecule has 0 N–H and O–H groups in total. The number of benzene rings is 7. The van der Waals surface area contributed by atoms with Gasteiger partial charge >= 0.3 is 0 Å². The number of aromatic nitrogens is 1. The van der Waals surface area contributed by atoms with Crippen molar-refractivity contribution in [2.24, 2.45) is 0 Å². The topological polar surface area (TPSA) is 21.3 Å². The minimum absolute atomic E-state index is 0.911. The predicted molar refractivity (Wildman–Crippen MR) is 232 cm³/mol. The van der Waals surface area contributed by atoms with Gasteiger partial charge in [-0.2, -0.15) is 0 Å². The second-order valence-electron chi connectivity index (χ2n) is 13.6. The largest absolute Gasteiger partial charge is 0.455 e. The number of hydrogen-bond acceptors (Lipinski definition) is 3. The zero-order valence-electron chi connectivity index (χ0n) is 30.3.